The Hall–Kier alpha value is -6.14. The number of para-hydroxylation sites is 5. The van der Waals surface area contributed by atoms with Gasteiger partial charge in [0.25, 0.3) is 0 Å². The van der Waals surface area contributed by atoms with Crippen molar-refractivity contribution in [1.82, 2.24) is 4.40 Å². The van der Waals surface area contributed by atoms with Crippen LogP contribution in [-0.2, 0) is 0 Å². The van der Waals surface area contributed by atoms with Crippen molar-refractivity contribution >= 4 is 55.2 Å². The van der Waals surface area contributed by atoms with E-state index in [0.29, 0.717) is 38.6 Å². The fourth-order valence-electron chi connectivity index (χ4n) is 6.95. The van der Waals surface area contributed by atoms with Gasteiger partial charge in [0.2, 0.25) is 0 Å². The summed E-state index contributed by atoms with van der Waals surface area (Å²) in [6.45, 7) is 0. The molecule has 6 nitrogen and oxygen atoms in total. The molecule has 2 aliphatic heterocycles. The summed E-state index contributed by atoms with van der Waals surface area (Å²) in [7, 11) is 0. The molecule has 0 unspecified atom stereocenters. The van der Waals surface area contributed by atoms with E-state index in [2.05, 4.69) is 21.4 Å². The van der Waals surface area contributed by atoms with Crippen LogP contribution in [0, 0.1) is 0 Å². The number of pyridine rings is 2. The van der Waals surface area contributed by atoms with Gasteiger partial charge in [-0.05, 0) is 83.9 Å². The molecule has 8 aromatic rings. The first-order valence-electron chi connectivity index (χ1n) is 14.4. The van der Waals surface area contributed by atoms with E-state index in [9.17, 15) is 9.59 Å². The second-order valence-corrected chi connectivity index (χ2v) is 11.2. The van der Waals surface area contributed by atoms with Crippen molar-refractivity contribution in [3.05, 3.63) is 142 Å². The first-order chi connectivity index (χ1) is 21.7. The van der Waals surface area contributed by atoms with Gasteiger partial charge in [0, 0.05) is 21.5 Å². The van der Waals surface area contributed by atoms with Gasteiger partial charge >= 0.3 is 0 Å². The molecule has 2 aliphatic rings. The highest BCUT2D eigenvalue weighted by atomic mass is 16.5. The monoisotopic (exact) mass is 568 g/mol. The zero-order chi connectivity index (χ0) is 29.1. The van der Waals surface area contributed by atoms with E-state index >= 15 is 0 Å². The maximum Gasteiger partial charge on any atom is 0.197 e. The molecule has 0 bridgehead atoms. The molecule has 0 N–H and O–H groups in total. The number of anilines is 3. The molecule has 10 rings (SSSR count). The van der Waals surface area contributed by atoms with Crippen LogP contribution in [0.4, 0.5) is 17.1 Å². The van der Waals surface area contributed by atoms with E-state index < -0.39 is 0 Å². The Morgan fingerprint density at radius 1 is 0.455 bits per heavy atom. The standard InChI is InChI=1S/C38H20N2O4/c41-37-23-7-1-2-10-27(23)39-28-17-15-21(19-26(28)38(42)25-9-5-8-24(37)35(25)39)22-16-18-30-34(20-22)44-33-14-6-13-32-36(33)40(30)29-11-3-4-12-31(29)43-32/h1-20H. The summed E-state index contributed by atoms with van der Waals surface area (Å²) in [5.41, 5.74) is 6.61. The lowest BCUT2D eigenvalue weighted by Gasteiger charge is -2.37. The lowest BCUT2D eigenvalue weighted by atomic mass is 9.98. The van der Waals surface area contributed by atoms with E-state index in [1.54, 1.807) is 12.1 Å². The molecule has 2 aromatic heterocycles. The Kier molecular flexibility index (Phi) is 4.39. The van der Waals surface area contributed by atoms with Crippen LogP contribution in [0.1, 0.15) is 0 Å². The van der Waals surface area contributed by atoms with Crippen molar-refractivity contribution in [2.75, 3.05) is 4.90 Å². The van der Waals surface area contributed by atoms with E-state index in [0.717, 1.165) is 50.7 Å². The van der Waals surface area contributed by atoms with Crippen molar-refractivity contribution < 1.29 is 9.47 Å². The minimum Gasteiger partial charge on any atom is -0.453 e. The van der Waals surface area contributed by atoms with Crippen molar-refractivity contribution in [3.8, 4) is 34.1 Å². The fourth-order valence-corrected chi connectivity index (χ4v) is 6.95. The molecule has 0 aliphatic carbocycles. The third-order valence-corrected chi connectivity index (χ3v) is 8.89. The first kappa shape index (κ1) is 23.4. The molecule has 0 radical (unpaired) electrons. The molecule has 0 atom stereocenters. The van der Waals surface area contributed by atoms with Gasteiger partial charge in [-0.2, -0.15) is 0 Å². The van der Waals surface area contributed by atoms with Crippen LogP contribution in [0.3, 0.4) is 0 Å². The molecule has 0 amide bonds. The molecule has 0 saturated heterocycles. The first-order valence-corrected chi connectivity index (χ1v) is 14.4. The number of hydrogen-bond donors (Lipinski definition) is 0. The van der Waals surface area contributed by atoms with Crippen molar-refractivity contribution in [1.29, 1.82) is 0 Å². The average Bonchev–Trinajstić information content (AvgIpc) is 3.07. The smallest absolute Gasteiger partial charge is 0.197 e. The maximum absolute atomic E-state index is 14.0. The maximum atomic E-state index is 14.0. The SMILES string of the molecule is O=c1c2ccccc2n2c3ccc(-c4ccc5c(c4)Oc4cccc6c4N5c4ccccc4O6)cc3c(=O)c3cccc1c32. The van der Waals surface area contributed by atoms with Gasteiger partial charge in [-0.25, -0.2) is 0 Å². The summed E-state index contributed by atoms with van der Waals surface area (Å²) < 4.78 is 14.7. The van der Waals surface area contributed by atoms with Crippen LogP contribution >= 0.6 is 0 Å². The number of nitrogens with zero attached hydrogens (tertiary/aromatic N) is 2. The second-order valence-electron chi connectivity index (χ2n) is 11.2. The predicted octanol–water partition coefficient (Wildman–Crippen LogP) is 8.91. The Balaban J connectivity index is 1.20. The van der Waals surface area contributed by atoms with Crippen LogP contribution in [0.25, 0.3) is 49.2 Å². The zero-order valence-electron chi connectivity index (χ0n) is 23.1. The average molecular weight is 569 g/mol. The Bertz CT molecular complexity index is 2680. The Morgan fingerprint density at radius 3 is 1.91 bits per heavy atom. The lowest BCUT2D eigenvalue weighted by molar-refractivity contribution is 0.446. The number of fused-ring (bicyclic) bond motifs is 8. The largest absolute Gasteiger partial charge is 0.453 e. The fraction of sp³-hybridized carbons (Fsp3) is 0. The number of rotatable bonds is 1. The van der Waals surface area contributed by atoms with Crippen LogP contribution < -0.4 is 25.2 Å². The van der Waals surface area contributed by atoms with Crippen LogP contribution in [0.5, 0.6) is 23.0 Å². The van der Waals surface area contributed by atoms with E-state index in [1.165, 1.54) is 0 Å². The molecule has 4 heterocycles. The summed E-state index contributed by atoms with van der Waals surface area (Å²) in [6, 6.07) is 38.9. The van der Waals surface area contributed by atoms with Gasteiger partial charge in [-0.15, -0.1) is 0 Å². The van der Waals surface area contributed by atoms with Gasteiger partial charge < -0.3 is 13.9 Å². The van der Waals surface area contributed by atoms with Crippen molar-refractivity contribution in [3.63, 3.8) is 0 Å². The predicted molar refractivity (Wildman–Crippen MR) is 174 cm³/mol. The van der Waals surface area contributed by atoms with Crippen molar-refractivity contribution in [2.24, 2.45) is 0 Å². The topological polar surface area (TPSA) is 60.3 Å². The highest BCUT2D eigenvalue weighted by Crippen LogP contribution is 2.59. The van der Waals surface area contributed by atoms with Crippen LogP contribution in [0.2, 0.25) is 0 Å². The molecular weight excluding hydrogens is 548 g/mol. The van der Waals surface area contributed by atoms with Gasteiger partial charge in [-0.3, -0.25) is 14.5 Å². The van der Waals surface area contributed by atoms with Crippen LogP contribution in [-0.4, -0.2) is 4.40 Å². The van der Waals surface area contributed by atoms with Gasteiger partial charge in [0.15, 0.2) is 33.9 Å². The number of hydrogen-bond acceptors (Lipinski definition) is 5. The molecule has 206 valence electrons. The third kappa shape index (κ3) is 2.93. The molecule has 6 heteroatoms. The van der Waals surface area contributed by atoms with Gasteiger partial charge in [-0.1, -0.05) is 48.5 Å². The molecule has 0 spiro atoms. The highest BCUT2D eigenvalue weighted by molar-refractivity contribution is 6.08. The highest BCUT2D eigenvalue weighted by Gasteiger charge is 2.34. The van der Waals surface area contributed by atoms with Gasteiger partial charge in [0.1, 0.15) is 5.69 Å². The second kappa shape index (κ2) is 8.24. The van der Waals surface area contributed by atoms with E-state index in [1.807, 2.05) is 97.1 Å². The normalized spacial score (nSPS) is 13.0. The Labute approximate surface area is 249 Å². The number of ether oxygens (including phenoxy) is 2. The van der Waals surface area contributed by atoms with Gasteiger partial charge in [0.05, 0.1) is 27.9 Å². The van der Waals surface area contributed by atoms with Crippen molar-refractivity contribution in [2.45, 2.75) is 0 Å². The summed E-state index contributed by atoms with van der Waals surface area (Å²) in [6.07, 6.45) is 0. The minimum atomic E-state index is -0.0947. The summed E-state index contributed by atoms with van der Waals surface area (Å²) in [5.74, 6) is 2.96. The van der Waals surface area contributed by atoms with E-state index in [4.69, 9.17) is 9.47 Å². The summed E-state index contributed by atoms with van der Waals surface area (Å²) in [5, 5.41) is 2.29. The lowest BCUT2D eigenvalue weighted by Crippen LogP contribution is -2.20. The number of aromatic nitrogens is 1. The molecule has 44 heavy (non-hydrogen) atoms. The summed E-state index contributed by atoms with van der Waals surface area (Å²) in [4.78, 5) is 29.5. The quantitative estimate of drug-likeness (QED) is 0.146. The third-order valence-electron chi connectivity index (χ3n) is 8.89. The molecule has 0 fully saturated rings. The number of benzene rings is 6. The van der Waals surface area contributed by atoms with Crippen LogP contribution in [0.15, 0.2) is 131 Å². The Morgan fingerprint density at radius 2 is 1.05 bits per heavy atom. The molecular formula is C38H20N2O4. The zero-order valence-corrected chi connectivity index (χ0v) is 23.1. The minimum absolute atomic E-state index is 0.0628. The molecule has 0 saturated carbocycles. The van der Waals surface area contributed by atoms with E-state index in [-0.39, 0.29) is 10.9 Å². The molecule has 6 aromatic carbocycles. The summed E-state index contributed by atoms with van der Waals surface area (Å²) >= 11 is 0.